The molecule has 0 bridgehead atoms. The molecule has 88 valence electrons. The fourth-order valence-corrected chi connectivity index (χ4v) is 1.72. The van der Waals surface area contributed by atoms with Crippen LogP contribution < -0.4 is 0 Å². The van der Waals surface area contributed by atoms with Crippen LogP contribution >= 0.6 is 0 Å². The van der Waals surface area contributed by atoms with E-state index in [2.05, 4.69) is 0 Å². The van der Waals surface area contributed by atoms with E-state index in [0.29, 0.717) is 26.2 Å². The van der Waals surface area contributed by atoms with Gasteiger partial charge in [0.1, 0.15) is 6.23 Å². The van der Waals surface area contributed by atoms with E-state index in [1.165, 1.54) is 0 Å². The van der Waals surface area contributed by atoms with Crippen LogP contribution in [-0.2, 0) is 4.79 Å². The molecule has 0 aromatic rings. The van der Waals surface area contributed by atoms with Crippen LogP contribution in [0.4, 0.5) is 0 Å². The van der Waals surface area contributed by atoms with Gasteiger partial charge in [-0.05, 0) is 0 Å². The Morgan fingerprint density at radius 1 is 1.27 bits per heavy atom. The Labute approximate surface area is 90.3 Å². The van der Waals surface area contributed by atoms with Gasteiger partial charge in [0.15, 0.2) is 0 Å². The van der Waals surface area contributed by atoms with Gasteiger partial charge >= 0.3 is 0 Å². The number of hydrogen-bond donors (Lipinski definition) is 2. The summed E-state index contributed by atoms with van der Waals surface area (Å²) in [4.78, 5) is 15.2. The topological polar surface area (TPSA) is 64.0 Å². The van der Waals surface area contributed by atoms with Crippen molar-refractivity contribution in [3.63, 3.8) is 0 Å². The van der Waals surface area contributed by atoms with Crippen molar-refractivity contribution in [1.82, 2.24) is 9.80 Å². The van der Waals surface area contributed by atoms with Crippen LogP contribution in [0.2, 0.25) is 0 Å². The molecule has 2 N–H and O–H groups in total. The number of carbonyl (C=O) groups is 1. The van der Waals surface area contributed by atoms with Crippen molar-refractivity contribution in [1.29, 1.82) is 0 Å². The Balaban J connectivity index is 2.39. The summed E-state index contributed by atoms with van der Waals surface area (Å²) in [6, 6.07) is 0. The van der Waals surface area contributed by atoms with E-state index in [4.69, 9.17) is 5.11 Å². The largest absolute Gasteiger partial charge is 0.392 e. The lowest BCUT2D eigenvalue weighted by molar-refractivity contribution is -0.138. The van der Waals surface area contributed by atoms with Crippen molar-refractivity contribution in [3.8, 4) is 0 Å². The predicted molar refractivity (Wildman–Crippen MR) is 56.1 cm³/mol. The predicted octanol–water partition coefficient (Wildman–Crippen LogP) is -0.903. The van der Waals surface area contributed by atoms with Gasteiger partial charge in [0.05, 0.1) is 6.61 Å². The van der Waals surface area contributed by atoms with E-state index in [-0.39, 0.29) is 18.4 Å². The molecule has 0 saturated carbocycles. The first-order valence-electron chi connectivity index (χ1n) is 5.38. The number of carbonyl (C=O) groups excluding carboxylic acids is 1. The summed E-state index contributed by atoms with van der Waals surface area (Å²) < 4.78 is 0. The zero-order valence-corrected chi connectivity index (χ0v) is 9.39. The van der Waals surface area contributed by atoms with Crippen molar-refractivity contribution < 1.29 is 15.0 Å². The van der Waals surface area contributed by atoms with Gasteiger partial charge in [0.25, 0.3) is 0 Å². The molecule has 1 amide bonds. The van der Waals surface area contributed by atoms with Crippen molar-refractivity contribution in [3.05, 3.63) is 0 Å². The molecule has 15 heavy (non-hydrogen) atoms. The second-order valence-electron chi connectivity index (χ2n) is 4.18. The second-order valence-corrected chi connectivity index (χ2v) is 4.18. The first-order chi connectivity index (χ1) is 7.06. The highest BCUT2D eigenvalue weighted by atomic mass is 16.3. The number of piperazine rings is 1. The summed E-state index contributed by atoms with van der Waals surface area (Å²) in [5, 5.41) is 18.2. The Morgan fingerprint density at radius 3 is 2.20 bits per heavy atom. The number of rotatable bonds is 3. The Hall–Kier alpha value is -0.650. The monoisotopic (exact) mass is 216 g/mol. The smallest absolute Gasteiger partial charge is 0.225 e. The number of aliphatic hydroxyl groups is 2. The first kappa shape index (κ1) is 12.4. The lowest BCUT2D eigenvalue weighted by Crippen LogP contribution is -2.53. The minimum atomic E-state index is -0.790. The van der Waals surface area contributed by atoms with Gasteiger partial charge in [0, 0.05) is 32.1 Å². The summed E-state index contributed by atoms with van der Waals surface area (Å²) in [5.41, 5.74) is 0. The van der Waals surface area contributed by atoms with Crippen LogP contribution in [-0.4, -0.2) is 64.9 Å². The maximum Gasteiger partial charge on any atom is 0.225 e. The molecule has 0 radical (unpaired) electrons. The van der Waals surface area contributed by atoms with E-state index < -0.39 is 6.23 Å². The molecular weight excluding hydrogens is 196 g/mol. The number of nitrogens with zero attached hydrogens (tertiary/aromatic N) is 2. The zero-order chi connectivity index (χ0) is 11.4. The molecular formula is C10H20N2O3. The molecule has 0 aliphatic carbocycles. The molecule has 1 aliphatic heterocycles. The average Bonchev–Trinajstić information content (AvgIpc) is 2.27. The Bertz CT molecular complexity index is 213. The van der Waals surface area contributed by atoms with Gasteiger partial charge in [-0.2, -0.15) is 0 Å². The summed E-state index contributed by atoms with van der Waals surface area (Å²) >= 11 is 0. The van der Waals surface area contributed by atoms with Crippen LogP contribution in [0.5, 0.6) is 0 Å². The quantitative estimate of drug-likeness (QED) is 0.641. The molecule has 5 heteroatoms. The normalized spacial score (nSPS) is 20.7. The SMILES string of the molecule is CC(C)C(=O)N1CCN(C(O)CO)CC1. The summed E-state index contributed by atoms with van der Waals surface area (Å²) in [7, 11) is 0. The molecule has 0 aromatic carbocycles. The molecule has 0 spiro atoms. The van der Waals surface area contributed by atoms with Crippen LogP contribution in [0, 0.1) is 5.92 Å². The van der Waals surface area contributed by atoms with Crippen molar-refractivity contribution in [2.24, 2.45) is 5.92 Å². The van der Waals surface area contributed by atoms with E-state index >= 15 is 0 Å². The van der Waals surface area contributed by atoms with Crippen LogP contribution in [0.15, 0.2) is 0 Å². The fraction of sp³-hybridized carbons (Fsp3) is 0.900. The minimum Gasteiger partial charge on any atom is -0.392 e. The van der Waals surface area contributed by atoms with Gasteiger partial charge in [-0.1, -0.05) is 13.8 Å². The summed E-state index contributed by atoms with van der Waals surface area (Å²) in [5.74, 6) is 0.187. The lowest BCUT2D eigenvalue weighted by Gasteiger charge is -2.37. The van der Waals surface area contributed by atoms with Gasteiger partial charge in [-0.15, -0.1) is 0 Å². The maximum atomic E-state index is 11.6. The van der Waals surface area contributed by atoms with Crippen LogP contribution in [0.3, 0.4) is 0 Å². The molecule has 0 aromatic heterocycles. The lowest BCUT2D eigenvalue weighted by atomic mass is 10.1. The highest BCUT2D eigenvalue weighted by molar-refractivity contribution is 5.78. The van der Waals surface area contributed by atoms with E-state index in [0.717, 1.165) is 0 Å². The molecule has 5 nitrogen and oxygen atoms in total. The fourth-order valence-electron chi connectivity index (χ4n) is 1.72. The standard InChI is InChI=1S/C10H20N2O3/c1-8(2)10(15)12-5-3-11(4-6-12)9(14)7-13/h8-9,13-14H,3-7H2,1-2H3. The van der Waals surface area contributed by atoms with E-state index in [9.17, 15) is 9.90 Å². The number of hydrogen-bond acceptors (Lipinski definition) is 4. The third kappa shape index (κ3) is 3.15. The van der Waals surface area contributed by atoms with Crippen molar-refractivity contribution in [2.75, 3.05) is 32.8 Å². The molecule has 1 aliphatic rings. The molecule has 1 saturated heterocycles. The highest BCUT2D eigenvalue weighted by Crippen LogP contribution is 2.08. The molecule has 1 rings (SSSR count). The second kappa shape index (κ2) is 5.44. The number of aliphatic hydroxyl groups excluding tert-OH is 2. The van der Waals surface area contributed by atoms with Crippen LogP contribution in [0.25, 0.3) is 0 Å². The zero-order valence-electron chi connectivity index (χ0n) is 9.39. The maximum absolute atomic E-state index is 11.6. The third-order valence-corrected chi connectivity index (χ3v) is 2.70. The highest BCUT2D eigenvalue weighted by Gasteiger charge is 2.25. The molecule has 1 unspecified atom stereocenters. The van der Waals surface area contributed by atoms with Gasteiger partial charge in [0.2, 0.25) is 5.91 Å². The Morgan fingerprint density at radius 2 is 1.80 bits per heavy atom. The van der Waals surface area contributed by atoms with Crippen molar-refractivity contribution >= 4 is 5.91 Å². The Kier molecular flexibility index (Phi) is 4.50. The van der Waals surface area contributed by atoms with E-state index in [1.807, 2.05) is 18.7 Å². The van der Waals surface area contributed by atoms with Crippen LogP contribution in [0.1, 0.15) is 13.8 Å². The van der Waals surface area contributed by atoms with Gasteiger partial charge < -0.3 is 15.1 Å². The molecule has 1 atom stereocenters. The van der Waals surface area contributed by atoms with E-state index in [1.54, 1.807) is 4.90 Å². The summed E-state index contributed by atoms with van der Waals surface area (Å²) in [6.07, 6.45) is -0.790. The summed E-state index contributed by atoms with van der Waals surface area (Å²) in [6.45, 7) is 6.04. The average molecular weight is 216 g/mol. The molecule has 1 fully saturated rings. The third-order valence-electron chi connectivity index (χ3n) is 2.70. The van der Waals surface area contributed by atoms with Gasteiger partial charge in [-0.3, -0.25) is 9.69 Å². The van der Waals surface area contributed by atoms with Crippen molar-refractivity contribution in [2.45, 2.75) is 20.1 Å². The number of amides is 1. The first-order valence-corrected chi connectivity index (χ1v) is 5.38. The molecule has 1 heterocycles. The minimum absolute atomic E-state index is 0.0271. The van der Waals surface area contributed by atoms with Gasteiger partial charge in [-0.25, -0.2) is 0 Å².